The van der Waals surface area contributed by atoms with Crippen LogP contribution in [-0.2, 0) is 6.42 Å². The fourth-order valence-electron chi connectivity index (χ4n) is 2.76. The molecule has 3 rings (SSSR count). The van der Waals surface area contributed by atoms with Crippen molar-refractivity contribution in [3.05, 3.63) is 95.1 Å². The smallest absolute Gasteiger partial charge is 0.252 e. The minimum atomic E-state index is -0.335. The highest BCUT2D eigenvalue weighted by molar-refractivity contribution is 6.15. The number of carbonyl (C=O) groups is 2. The first kappa shape index (κ1) is 18.2. The van der Waals surface area contributed by atoms with Gasteiger partial charge in [-0.3, -0.25) is 9.59 Å². The third-order valence-electron chi connectivity index (χ3n) is 4.19. The average molecular weight is 361 g/mol. The number of hydrogen-bond acceptors (Lipinski definition) is 4. The van der Waals surface area contributed by atoms with E-state index >= 15 is 0 Å². The average Bonchev–Trinajstić information content (AvgIpc) is 2.70. The van der Waals surface area contributed by atoms with Gasteiger partial charge in [0.05, 0.1) is 5.56 Å². The largest absolute Gasteiger partial charge is 0.504 e. The van der Waals surface area contributed by atoms with Crippen molar-refractivity contribution in [1.82, 2.24) is 5.32 Å². The van der Waals surface area contributed by atoms with Crippen molar-refractivity contribution in [3.63, 3.8) is 0 Å². The second-order valence-corrected chi connectivity index (χ2v) is 6.07. The zero-order valence-corrected chi connectivity index (χ0v) is 14.6. The molecule has 0 heterocycles. The van der Waals surface area contributed by atoms with Crippen molar-refractivity contribution in [2.45, 2.75) is 6.42 Å². The van der Waals surface area contributed by atoms with Crippen LogP contribution in [0.5, 0.6) is 11.5 Å². The van der Waals surface area contributed by atoms with Crippen LogP contribution in [0.3, 0.4) is 0 Å². The second kappa shape index (κ2) is 8.19. The molecule has 0 atom stereocenters. The Labute approximate surface area is 156 Å². The molecule has 0 radical (unpaired) electrons. The number of amides is 1. The summed E-state index contributed by atoms with van der Waals surface area (Å²) in [6.45, 7) is 0.330. The van der Waals surface area contributed by atoms with Crippen LogP contribution in [0.1, 0.15) is 31.8 Å². The fourth-order valence-corrected chi connectivity index (χ4v) is 2.76. The molecule has 0 aliphatic heterocycles. The highest BCUT2D eigenvalue weighted by Crippen LogP contribution is 2.24. The highest BCUT2D eigenvalue weighted by atomic mass is 16.3. The van der Waals surface area contributed by atoms with Crippen LogP contribution in [0.2, 0.25) is 0 Å². The Morgan fingerprint density at radius 3 is 2.15 bits per heavy atom. The summed E-state index contributed by atoms with van der Waals surface area (Å²) in [5.74, 6) is -0.920. The van der Waals surface area contributed by atoms with E-state index in [0.29, 0.717) is 29.7 Å². The lowest BCUT2D eigenvalue weighted by Gasteiger charge is -2.10. The van der Waals surface area contributed by atoms with Crippen molar-refractivity contribution < 1.29 is 19.8 Å². The molecule has 0 fully saturated rings. The van der Waals surface area contributed by atoms with Crippen molar-refractivity contribution in [2.24, 2.45) is 0 Å². The summed E-state index contributed by atoms with van der Waals surface area (Å²) in [6, 6.07) is 20.1. The number of phenols is 2. The molecule has 0 unspecified atom stereocenters. The lowest BCUT2D eigenvalue weighted by Crippen LogP contribution is -2.27. The number of hydrogen-bond donors (Lipinski definition) is 3. The van der Waals surface area contributed by atoms with E-state index in [9.17, 15) is 19.8 Å². The van der Waals surface area contributed by atoms with Gasteiger partial charge in [-0.05, 0) is 30.2 Å². The van der Waals surface area contributed by atoms with Crippen molar-refractivity contribution in [3.8, 4) is 11.5 Å². The van der Waals surface area contributed by atoms with E-state index in [-0.39, 0.29) is 23.2 Å². The molecule has 0 aliphatic rings. The van der Waals surface area contributed by atoms with Gasteiger partial charge in [-0.2, -0.15) is 0 Å². The van der Waals surface area contributed by atoms with Gasteiger partial charge >= 0.3 is 0 Å². The van der Waals surface area contributed by atoms with E-state index in [1.165, 1.54) is 12.1 Å². The Kier molecular flexibility index (Phi) is 5.52. The van der Waals surface area contributed by atoms with Crippen molar-refractivity contribution >= 4 is 11.7 Å². The molecule has 136 valence electrons. The first-order chi connectivity index (χ1) is 13.1. The highest BCUT2D eigenvalue weighted by Gasteiger charge is 2.17. The third kappa shape index (κ3) is 4.33. The van der Waals surface area contributed by atoms with E-state index in [4.69, 9.17) is 0 Å². The van der Waals surface area contributed by atoms with Gasteiger partial charge in [-0.25, -0.2) is 0 Å². The fraction of sp³-hybridized carbons (Fsp3) is 0.0909. The summed E-state index contributed by atoms with van der Waals surface area (Å²) in [7, 11) is 0. The Hall–Kier alpha value is -3.60. The molecule has 3 aromatic rings. The molecule has 3 aromatic carbocycles. The van der Waals surface area contributed by atoms with Crippen LogP contribution in [0.15, 0.2) is 72.8 Å². The van der Waals surface area contributed by atoms with Crippen molar-refractivity contribution in [2.75, 3.05) is 6.54 Å². The first-order valence-corrected chi connectivity index (χ1v) is 8.54. The van der Waals surface area contributed by atoms with Gasteiger partial charge in [0, 0.05) is 17.7 Å². The van der Waals surface area contributed by atoms with Gasteiger partial charge in [-0.1, -0.05) is 54.6 Å². The maximum Gasteiger partial charge on any atom is 0.252 e. The van der Waals surface area contributed by atoms with Crippen LogP contribution in [0.4, 0.5) is 0 Å². The van der Waals surface area contributed by atoms with E-state index in [0.717, 1.165) is 5.56 Å². The zero-order chi connectivity index (χ0) is 19.2. The molecular weight excluding hydrogens is 342 g/mol. The summed E-state index contributed by atoms with van der Waals surface area (Å²) in [5.41, 5.74) is 1.97. The van der Waals surface area contributed by atoms with E-state index in [1.807, 2.05) is 6.07 Å². The lowest BCUT2D eigenvalue weighted by atomic mass is 9.98. The van der Waals surface area contributed by atoms with Crippen LogP contribution >= 0.6 is 0 Å². The molecule has 0 aliphatic carbocycles. The standard InChI is InChI=1S/C22H19NO4/c24-19-11-10-15(14-20(19)25)12-13-23-22(27)18-9-5-4-8-17(18)21(26)16-6-2-1-3-7-16/h1-11,14,24-25H,12-13H2,(H,23,27). The Balaban J connectivity index is 1.70. The number of nitrogens with one attached hydrogen (secondary N) is 1. The maximum atomic E-state index is 12.7. The van der Waals surface area contributed by atoms with Crippen LogP contribution < -0.4 is 5.32 Å². The van der Waals surface area contributed by atoms with Gasteiger partial charge in [0.1, 0.15) is 0 Å². The number of ketones is 1. The number of aromatic hydroxyl groups is 2. The summed E-state index contributed by atoms with van der Waals surface area (Å²) in [5, 5.41) is 21.6. The van der Waals surface area contributed by atoms with Crippen LogP contribution in [0, 0.1) is 0 Å². The van der Waals surface area contributed by atoms with Crippen LogP contribution in [-0.4, -0.2) is 28.4 Å². The number of benzene rings is 3. The van der Waals surface area contributed by atoms with E-state index < -0.39 is 0 Å². The third-order valence-corrected chi connectivity index (χ3v) is 4.19. The zero-order valence-electron chi connectivity index (χ0n) is 14.6. The Morgan fingerprint density at radius 2 is 1.44 bits per heavy atom. The summed E-state index contributed by atoms with van der Waals surface area (Å²) < 4.78 is 0. The molecule has 5 nitrogen and oxygen atoms in total. The maximum absolute atomic E-state index is 12.7. The second-order valence-electron chi connectivity index (χ2n) is 6.07. The topological polar surface area (TPSA) is 86.6 Å². The summed E-state index contributed by atoms with van der Waals surface area (Å²) in [6.07, 6.45) is 0.481. The molecule has 27 heavy (non-hydrogen) atoms. The van der Waals surface area contributed by atoms with Crippen LogP contribution in [0.25, 0.3) is 0 Å². The predicted octanol–water partition coefficient (Wildman–Crippen LogP) is 3.30. The number of carbonyl (C=O) groups excluding carboxylic acids is 2. The minimum Gasteiger partial charge on any atom is -0.504 e. The lowest BCUT2D eigenvalue weighted by molar-refractivity contribution is 0.0942. The van der Waals surface area contributed by atoms with Gasteiger partial charge < -0.3 is 15.5 Å². The molecule has 0 aromatic heterocycles. The first-order valence-electron chi connectivity index (χ1n) is 8.54. The molecule has 0 saturated carbocycles. The monoisotopic (exact) mass is 361 g/mol. The normalized spacial score (nSPS) is 10.4. The minimum absolute atomic E-state index is 0.184. The Morgan fingerprint density at radius 1 is 0.778 bits per heavy atom. The van der Waals surface area contributed by atoms with Gasteiger partial charge in [0.2, 0.25) is 0 Å². The summed E-state index contributed by atoms with van der Waals surface area (Å²) >= 11 is 0. The molecule has 1 amide bonds. The van der Waals surface area contributed by atoms with Gasteiger partial charge in [0.15, 0.2) is 17.3 Å². The molecule has 0 spiro atoms. The van der Waals surface area contributed by atoms with Crippen molar-refractivity contribution in [1.29, 1.82) is 0 Å². The SMILES string of the molecule is O=C(NCCc1ccc(O)c(O)c1)c1ccccc1C(=O)c1ccccc1. The molecule has 3 N–H and O–H groups in total. The quantitative estimate of drug-likeness (QED) is 0.464. The molecule has 0 saturated heterocycles. The predicted molar refractivity (Wildman–Crippen MR) is 102 cm³/mol. The number of rotatable bonds is 6. The molecular formula is C22H19NO4. The van der Waals surface area contributed by atoms with Gasteiger partial charge in [-0.15, -0.1) is 0 Å². The Bertz CT molecular complexity index is 967. The summed E-state index contributed by atoms with van der Waals surface area (Å²) in [4.78, 5) is 25.3. The van der Waals surface area contributed by atoms with E-state index in [2.05, 4.69) is 5.32 Å². The molecule has 0 bridgehead atoms. The number of phenolic OH excluding ortho intramolecular Hbond substituents is 2. The van der Waals surface area contributed by atoms with E-state index in [1.54, 1.807) is 54.6 Å². The van der Waals surface area contributed by atoms with Gasteiger partial charge in [0.25, 0.3) is 5.91 Å². The molecule has 5 heteroatoms.